The lowest BCUT2D eigenvalue weighted by Crippen LogP contribution is -2.34. The van der Waals surface area contributed by atoms with E-state index in [0.29, 0.717) is 0 Å². The Balaban J connectivity index is 1.97. The number of benzene rings is 1. The van der Waals surface area contributed by atoms with Crippen molar-refractivity contribution in [2.45, 2.75) is 33.2 Å². The maximum absolute atomic E-state index is 5.45. The zero-order valence-corrected chi connectivity index (χ0v) is 13.7. The fraction of sp³-hybridized carbons (Fsp3) is 0.625. The summed E-state index contributed by atoms with van der Waals surface area (Å²) in [5.74, 6) is 2.72. The highest BCUT2D eigenvalue weighted by Gasteiger charge is 2.22. The topological polar surface area (TPSA) is 12.5 Å². The molecule has 1 aliphatic heterocycles. The van der Waals surface area contributed by atoms with Crippen LogP contribution in [0.5, 0.6) is 5.75 Å². The highest BCUT2D eigenvalue weighted by atomic mass is 79.9. The maximum atomic E-state index is 5.45. The largest absolute Gasteiger partial charge is 0.496 e. The van der Waals surface area contributed by atoms with Gasteiger partial charge in [-0.3, -0.25) is 4.90 Å². The van der Waals surface area contributed by atoms with Gasteiger partial charge < -0.3 is 4.74 Å². The zero-order chi connectivity index (χ0) is 13.8. The lowest BCUT2D eigenvalue weighted by molar-refractivity contribution is 0.151. The summed E-state index contributed by atoms with van der Waals surface area (Å²) in [4.78, 5) is 2.54. The van der Waals surface area contributed by atoms with Gasteiger partial charge in [-0.25, -0.2) is 0 Å². The molecule has 0 aliphatic carbocycles. The molecule has 0 unspecified atom stereocenters. The Morgan fingerprint density at radius 1 is 1.32 bits per heavy atom. The van der Waals surface area contributed by atoms with Crippen molar-refractivity contribution in [3.05, 3.63) is 28.2 Å². The van der Waals surface area contributed by atoms with Crippen molar-refractivity contribution in [1.29, 1.82) is 0 Å². The van der Waals surface area contributed by atoms with Gasteiger partial charge in [-0.05, 0) is 56.0 Å². The minimum absolute atomic E-state index is 0.822. The second-order valence-electron chi connectivity index (χ2n) is 5.81. The Hall–Kier alpha value is -0.540. The molecular formula is C16H24BrNO. The van der Waals surface area contributed by atoms with Crippen molar-refractivity contribution in [3.8, 4) is 5.75 Å². The van der Waals surface area contributed by atoms with Crippen LogP contribution in [0.25, 0.3) is 0 Å². The first-order valence-corrected chi connectivity index (χ1v) is 7.94. The molecule has 1 aromatic rings. The summed E-state index contributed by atoms with van der Waals surface area (Å²) in [6, 6.07) is 6.25. The van der Waals surface area contributed by atoms with Gasteiger partial charge in [-0.15, -0.1) is 0 Å². The summed E-state index contributed by atoms with van der Waals surface area (Å²) >= 11 is 3.54. The maximum Gasteiger partial charge on any atom is 0.123 e. The van der Waals surface area contributed by atoms with Gasteiger partial charge in [0.15, 0.2) is 0 Å². The SMILES string of the molecule is COc1ccc(Br)cc1CN1CCC(C(C)C)CC1. The van der Waals surface area contributed by atoms with E-state index in [1.807, 2.05) is 12.1 Å². The van der Waals surface area contributed by atoms with E-state index < -0.39 is 0 Å². The van der Waals surface area contributed by atoms with E-state index in [9.17, 15) is 0 Å². The minimum atomic E-state index is 0.822. The van der Waals surface area contributed by atoms with Crippen molar-refractivity contribution in [3.63, 3.8) is 0 Å². The van der Waals surface area contributed by atoms with Crippen LogP contribution in [0, 0.1) is 11.8 Å². The zero-order valence-electron chi connectivity index (χ0n) is 12.2. The number of likely N-dealkylation sites (tertiary alicyclic amines) is 1. The lowest BCUT2D eigenvalue weighted by Gasteiger charge is -2.34. The summed E-state index contributed by atoms with van der Waals surface area (Å²) in [6.45, 7) is 8.10. The molecular weight excluding hydrogens is 302 g/mol. The van der Waals surface area contributed by atoms with E-state index in [1.54, 1.807) is 7.11 Å². The number of piperidine rings is 1. The van der Waals surface area contributed by atoms with Gasteiger partial charge in [0.05, 0.1) is 7.11 Å². The molecule has 0 aromatic heterocycles. The Morgan fingerprint density at radius 2 is 2.00 bits per heavy atom. The first kappa shape index (κ1) is 14.9. The molecule has 0 amide bonds. The van der Waals surface area contributed by atoms with Crippen molar-refractivity contribution in [2.24, 2.45) is 11.8 Å². The predicted molar refractivity (Wildman–Crippen MR) is 83.5 cm³/mol. The van der Waals surface area contributed by atoms with Crippen LogP contribution in [0.2, 0.25) is 0 Å². The van der Waals surface area contributed by atoms with E-state index in [4.69, 9.17) is 4.74 Å². The number of nitrogens with zero attached hydrogens (tertiary/aromatic N) is 1. The van der Waals surface area contributed by atoms with Crippen molar-refractivity contribution in [2.75, 3.05) is 20.2 Å². The third-order valence-electron chi connectivity index (χ3n) is 4.21. The minimum Gasteiger partial charge on any atom is -0.496 e. The van der Waals surface area contributed by atoms with Gasteiger partial charge in [0, 0.05) is 16.6 Å². The van der Waals surface area contributed by atoms with Gasteiger partial charge >= 0.3 is 0 Å². The standard InChI is InChI=1S/C16H24BrNO/c1-12(2)13-6-8-18(9-7-13)11-14-10-15(17)4-5-16(14)19-3/h4-5,10,12-13H,6-9,11H2,1-3H3. The molecule has 0 bridgehead atoms. The van der Waals surface area contributed by atoms with Crippen LogP contribution in [0.15, 0.2) is 22.7 Å². The van der Waals surface area contributed by atoms with Crippen LogP contribution < -0.4 is 4.74 Å². The highest BCUT2D eigenvalue weighted by Crippen LogP contribution is 2.28. The van der Waals surface area contributed by atoms with Gasteiger partial charge in [0.1, 0.15) is 5.75 Å². The fourth-order valence-electron chi connectivity index (χ4n) is 2.89. The molecule has 0 saturated carbocycles. The number of halogens is 1. The monoisotopic (exact) mass is 325 g/mol. The number of ether oxygens (including phenoxy) is 1. The quantitative estimate of drug-likeness (QED) is 0.817. The number of hydrogen-bond acceptors (Lipinski definition) is 2. The third-order valence-corrected chi connectivity index (χ3v) is 4.70. The number of methoxy groups -OCH3 is 1. The van der Waals surface area contributed by atoms with E-state index >= 15 is 0 Å². The summed E-state index contributed by atoms with van der Waals surface area (Å²) in [7, 11) is 1.75. The molecule has 1 heterocycles. The number of hydrogen-bond donors (Lipinski definition) is 0. The molecule has 106 valence electrons. The van der Waals surface area contributed by atoms with E-state index in [2.05, 4.69) is 40.7 Å². The summed E-state index contributed by atoms with van der Waals surface area (Å²) < 4.78 is 6.58. The van der Waals surface area contributed by atoms with E-state index in [-0.39, 0.29) is 0 Å². The Kier molecular flexibility index (Phi) is 5.28. The molecule has 0 radical (unpaired) electrons. The third kappa shape index (κ3) is 3.96. The van der Waals surface area contributed by atoms with Crippen molar-refractivity contribution >= 4 is 15.9 Å². The highest BCUT2D eigenvalue weighted by molar-refractivity contribution is 9.10. The van der Waals surface area contributed by atoms with E-state index in [1.165, 1.54) is 31.5 Å². The normalized spacial score (nSPS) is 17.9. The van der Waals surface area contributed by atoms with Crippen LogP contribution in [0.3, 0.4) is 0 Å². The summed E-state index contributed by atoms with van der Waals surface area (Å²) in [5, 5.41) is 0. The Morgan fingerprint density at radius 3 is 2.58 bits per heavy atom. The van der Waals surface area contributed by atoms with Crippen LogP contribution in [-0.4, -0.2) is 25.1 Å². The molecule has 1 aromatic carbocycles. The molecule has 3 heteroatoms. The second kappa shape index (κ2) is 6.76. The first-order valence-electron chi connectivity index (χ1n) is 7.15. The summed E-state index contributed by atoms with van der Waals surface area (Å²) in [5.41, 5.74) is 1.28. The van der Waals surface area contributed by atoms with E-state index in [0.717, 1.165) is 28.6 Å². The van der Waals surface area contributed by atoms with Gasteiger partial charge in [0.2, 0.25) is 0 Å². The second-order valence-corrected chi connectivity index (χ2v) is 6.73. The molecule has 0 N–H and O–H groups in total. The molecule has 19 heavy (non-hydrogen) atoms. The predicted octanol–water partition coefficient (Wildman–Crippen LogP) is 4.33. The smallest absolute Gasteiger partial charge is 0.123 e. The van der Waals surface area contributed by atoms with Gasteiger partial charge in [-0.1, -0.05) is 29.8 Å². The average Bonchev–Trinajstić information content (AvgIpc) is 2.39. The van der Waals surface area contributed by atoms with Crippen LogP contribution in [-0.2, 0) is 6.54 Å². The van der Waals surface area contributed by atoms with Crippen molar-refractivity contribution < 1.29 is 4.74 Å². The van der Waals surface area contributed by atoms with Gasteiger partial charge in [0.25, 0.3) is 0 Å². The van der Waals surface area contributed by atoms with Crippen LogP contribution in [0.4, 0.5) is 0 Å². The molecule has 1 fully saturated rings. The lowest BCUT2D eigenvalue weighted by atomic mass is 9.86. The molecule has 0 atom stereocenters. The first-order chi connectivity index (χ1) is 9.10. The fourth-order valence-corrected chi connectivity index (χ4v) is 3.30. The molecule has 0 spiro atoms. The van der Waals surface area contributed by atoms with Crippen molar-refractivity contribution in [1.82, 2.24) is 4.90 Å². The number of rotatable bonds is 4. The molecule has 1 aliphatic rings. The molecule has 2 nitrogen and oxygen atoms in total. The van der Waals surface area contributed by atoms with Crippen LogP contribution >= 0.6 is 15.9 Å². The Bertz CT molecular complexity index is 411. The summed E-state index contributed by atoms with van der Waals surface area (Å²) in [6.07, 6.45) is 2.65. The molecule has 1 saturated heterocycles. The van der Waals surface area contributed by atoms with Crippen LogP contribution in [0.1, 0.15) is 32.3 Å². The van der Waals surface area contributed by atoms with Gasteiger partial charge in [-0.2, -0.15) is 0 Å². The Labute approximate surface area is 125 Å². The average molecular weight is 326 g/mol. The molecule has 2 rings (SSSR count).